The van der Waals surface area contributed by atoms with Gasteiger partial charge in [-0.15, -0.1) is 0 Å². The van der Waals surface area contributed by atoms with Crippen LogP contribution in [-0.4, -0.2) is 50.4 Å². The summed E-state index contributed by atoms with van der Waals surface area (Å²) >= 11 is 0. The van der Waals surface area contributed by atoms with E-state index < -0.39 is 15.9 Å². The number of carbonyl (C=O) groups is 1. The van der Waals surface area contributed by atoms with Crippen molar-refractivity contribution in [3.63, 3.8) is 0 Å². The average Bonchev–Trinajstić information content (AvgIpc) is 2.73. The first kappa shape index (κ1) is 22.3. The van der Waals surface area contributed by atoms with Crippen molar-refractivity contribution >= 4 is 15.7 Å². The van der Waals surface area contributed by atoms with Gasteiger partial charge in [-0.1, -0.05) is 62.4 Å². The lowest BCUT2D eigenvalue weighted by Crippen LogP contribution is -2.47. The Hall–Kier alpha value is -2.38. The monoisotopic (exact) mass is 430 g/mol. The van der Waals surface area contributed by atoms with Crippen LogP contribution in [0.2, 0.25) is 0 Å². The van der Waals surface area contributed by atoms with Crippen LogP contribution in [0.25, 0.3) is 0 Å². The Labute approximate surface area is 179 Å². The first-order valence-electron chi connectivity index (χ1n) is 10.3. The van der Waals surface area contributed by atoms with Crippen molar-refractivity contribution in [2.75, 3.05) is 31.2 Å². The quantitative estimate of drug-likeness (QED) is 0.697. The van der Waals surface area contributed by atoms with E-state index in [0.717, 1.165) is 16.9 Å². The smallest absolute Gasteiger partial charge is 0.242 e. The molecule has 1 aliphatic heterocycles. The summed E-state index contributed by atoms with van der Waals surface area (Å²) in [5, 5.41) is 3.03. The van der Waals surface area contributed by atoms with E-state index in [-0.39, 0.29) is 17.4 Å². The van der Waals surface area contributed by atoms with Crippen molar-refractivity contribution in [1.82, 2.24) is 10.2 Å². The minimum absolute atomic E-state index is 0.0789. The molecule has 1 saturated heterocycles. The third kappa shape index (κ3) is 6.06. The lowest BCUT2D eigenvalue weighted by Gasteiger charge is -2.33. The van der Waals surface area contributed by atoms with Crippen molar-refractivity contribution in [2.24, 2.45) is 5.92 Å². The number of nitrogens with zero attached hydrogens (tertiary/aromatic N) is 1. The van der Waals surface area contributed by atoms with Gasteiger partial charge in [-0.25, -0.2) is 8.42 Å². The Balaban J connectivity index is 1.73. The molecule has 1 aliphatic rings. The van der Waals surface area contributed by atoms with Crippen LogP contribution in [0.3, 0.4) is 0 Å². The molecule has 3 rings (SSSR count). The minimum atomic E-state index is -3.02. The lowest BCUT2D eigenvalue weighted by molar-refractivity contribution is -0.126. The van der Waals surface area contributed by atoms with Crippen molar-refractivity contribution in [3.05, 3.63) is 65.7 Å². The van der Waals surface area contributed by atoms with Crippen LogP contribution in [0.15, 0.2) is 54.6 Å². The third-order valence-electron chi connectivity index (χ3n) is 5.11. The maximum absolute atomic E-state index is 13.2. The molecule has 0 saturated carbocycles. The zero-order valence-corrected chi connectivity index (χ0v) is 18.4. The molecule has 1 unspecified atom stereocenters. The van der Waals surface area contributed by atoms with Crippen LogP contribution in [0, 0.1) is 5.92 Å². The van der Waals surface area contributed by atoms with Crippen LogP contribution in [-0.2, 0) is 21.2 Å². The van der Waals surface area contributed by atoms with Gasteiger partial charge in [0.25, 0.3) is 0 Å². The second-order valence-electron chi connectivity index (χ2n) is 8.03. The van der Waals surface area contributed by atoms with Crippen LogP contribution < -0.4 is 10.1 Å². The highest BCUT2D eigenvalue weighted by atomic mass is 32.2. The van der Waals surface area contributed by atoms with Gasteiger partial charge < -0.3 is 10.1 Å². The molecule has 1 heterocycles. The molecule has 0 aliphatic carbocycles. The molecular weight excluding hydrogens is 400 g/mol. The largest absolute Gasteiger partial charge is 0.493 e. The number of ether oxygens (including phenoxy) is 1. The molecule has 1 N–H and O–H groups in total. The Kier molecular flexibility index (Phi) is 7.50. The number of carbonyl (C=O) groups excluding carboxylic acids is 1. The molecule has 2 aromatic rings. The molecule has 0 radical (unpaired) electrons. The summed E-state index contributed by atoms with van der Waals surface area (Å²) < 4.78 is 29.6. The minimum Gasteiger partial charge on any atom is -0.493 e. The van der Waals surface area contributed by atoms with E-state index in [1.165, 1.54) is 0 Å². The predicted octanol–water partition coefficient (Wildman–Crippen LogP) is 2.81. The molecule has 7 heteroatoms. The number of rotatable bonds is 8. The summed E-state index contributed by atoms with van der Waals surface area (Å²) in [5.41, 5.74) is 1.78. The second kappa shape index (κ2) is 10.1. The van der Waals surface area contributed by atoms with E-state index in [0.29, 0.717) is 32.2 Å². The highest BCUT2D eigenvalue weighted by Gasteiger charge is 2.32. The lowest BCUT2D eigenvalue weighted by atomic mass is 10.0. The number of benzene rings is 2. The normalized spacial score (nSPS) is 17.4. The van der Waals surface area contributed by atoms with E-state index >= 15 is 0 Å². The second-order valence-corrected chi connectivity index (χ2v) is 10.3. The molecule has 30 heavy (non-hydrogen) atoms. The van der Waals surface area contributed by atoms with Crippen molar-refractivity contribution in [3.8, 4) is 5.75 Å². The zero-order chi connectivity index (χ0) is 21.6. The maximum atomic E-state index is 13.2. The highest BCUT2D eigenvalue weighted by molar-refractivity contribution is 7.91. The van der Waals surface area contributed by atoms with Gasteiger partial charge in [-0.3, -0.25) is 9.69 Å². The van der Waals surface area contributed by atoms with E-state index in [1.807, 2.05) is 59.5 Å². The van der Waals surface area contributed by atoms with Crippen molar-refractivity contribution in [2.45, 2.75) is 26.4 Å². The molecule has 162 valence electrons. The molecule has 6 nitrogen and oxygen atoms in total. The van der Waals surface area contributed by atoms with Gasteiger partial charge in [0, 0.05) is 25.2 Å². The fourth-order valence-corrected chi connectivity index (χ4v) is 4.70. The fourth-order valence-electron chi connectivity index (χ4n) is 3.47. The van der Waals surface area contributed by atoms with Gasteiger partial charge >= 0.3 is 0 Å². The first-order valence-corrected chi connectivity index (χ1v) is 12.2. The zero-order valence-electron chi connectivity index (χ0n) is 17.6. The van der Waals surface area contributed by atoms with E-state index in [2.05, 4.69) is 19.2 Å². The molecule has 1 amide bonds. The molecule has 1 atom stereocenters. The van der Waals surface area contributed by atoms with Crippen molar-refractivity contribution in [1.29, 1.82) is 0 Å². The summed E-state index contributed by atoms with van der Waals surface area (Å²) in [7, 11) is -3.02. The fraction of sp³-hybridized carbons (Fsp3) is 0.435. The summed E-state index contributed by atoms with van der Waals surface area (Å²) in [6, 6.07) is 16.7. The summed E-state index contributed by atoms with van der Waals surface area (Å²) in [4.78, 5) is 15.2. The van der Waals surface area contributed by atoms with E-state index in [4.69, 9.17) is 4.74 Å². The van der Waals surface area contributed by atoms with Crippen LogP contribution >= 0.6 is 0 Å². The Morgan fingerprint density at radius 3 is 2.33 bits per heavy atom. The van der Waals surface area contributed by atoms with Crippen LogP contribution in [0.4, 0.5) is 0 Å². The van der Waals surface area contributed by atoms with E-state index in [9.17, 15) is 13.2 Å². The number of hydrogen-bond acceptors (Lipinski definition) is 5. The third-order valence-corrected chi connectivity index (χ3v) is 6.71. The van der Waals surface area contributed by atoms with Crippen molar-refractivity contribution < 1.29 is 17.9 Å². The molecular formula is C23H30N2O4S. The topological polar surface area (TPSA) is 75.7 Å². The van der Waals surface area contributed by atoms with Crippen LogP contribution in [0.5, 0.6) is 5.75 Å². The standard InChI is InChI=1S/C23H30N2O4S/c1-18(2)17-29-21-11-7-6-10-20(21)16-24-23(26)22(19-8-4-3-5-9-19)25-12-14-30(27,28)15-13-25/h3-11,18,22H,12-17H2,1-2H3,(H,24,26). The number of amides is 1. The first-order chi connectivity index (χ1) is 14.4. The highest BCUT2D eigenvalue weighted by Crippen LogP contribution is 2.24. The Bertz CT molecular complexity index is 931. The molecule has 0 aromatic heterocycles. The van der Waals surface area contributed by atoms with Crippen LogP contribution in [0.1, 0.15) is 31.0 Å². The Morgan fingerprint density at radius 1 is 1.03 bits per heavy atom. The van der Waals surface area contributed by atoms with E-state index in [1.54, 1.807) is 0 Å². The van der Waals surface area contributed by atoms with Gasteiger partial charge in [-0.05, 0) is 17.5 Å². The number of nitrogens with one attached hydrogen (secondary N) is 1. The van der Waals surface area contributed by atoms with Gasteiger partial charge in [0.15, 0.2) is 9.84 Å². The average molecular weight is 431 g/mol. The van der Waals surface area contributed by atoms with Gasteiger partial charge in [0.1, 0.15) is 11.8 Å². The number of sulfone groups is 1. The van der Waals surface area contributed by atoms with Gasteiger partial charge in [0.05, 0.1) is 18.1 Å². The summed E-state index contributed by atoms with van der Waals surface area (Å²) in [6.07, 6.45) is 0. The predicted molar refractivity (Wildman–Crippen MR) is 118 cm³/mol. The molecule has 0 bridgehead atoms. The molecule has 0 spiro atoms. The SMILES string of the molecule is CC(C)COc1ccccc1CNC(=O)C(c1ccccc1)N1CCS(=O)(=O)CC1. The maximum Gasteiger partial charge on any atom is 0.242 e. The molecule has 1 fully saturated rings. The number of hydrogen-bond donors (Lipinski definition) is 1. The number of para-hydroxylation sites is 1. The van der Waals surface area contributed by atoms with Gasteiger partial charge in [-0.2, -0.15) is 0 Å². The summed E-state index contributed by atoms with van der Waals surface area (Å²) in [6.45, 7) is 5.84. The Morgan fingerprint density at radius 2 is 1.67 bits per heavy atom. The molecule has 2 aromatic carbocycles. The summed E-state index contributed by atoms with van der Waals surface area (Å²) in [5.74, 6) is 1.20. The van der Waals surface area contributed by atoms with Gasteiger partial charge in [0.2, 0.25) is 5.91 Å².